The van der Waals surface area contributed by atoms with Crippen molar-refractivity contribution in [3.8, 4) is 0 Å². The monoisotopic (exact) mass is 389 g/mol. The van der Waals surface area contributed by atoms with Crippen LogP contribution in [0.1, 0.15) is 23.7 Å². The van der Waals surface area contributed by atoms with E-state index < -0.39 is 11.2 Å². The molecule has 0 spiro atoms. The van der Waals surface area contributed by atoms with Gasteiger partial charge in [-0.05, 0) is 30.5 Å². The van der Waals surface area contributed by atoms with Crippen molar-refractivity contribution < 1.29 is 14.7 Å². The van der Waals surface area contributed by atoms with Crippen LogP contribution in [0.15, 0.2) is 59.5 Å². The van der Waals surface area contributed by atoms with E-state index in [1.165, 1.54) is 11.8 Å². The van der Waals surface area contributed by atoms with E-state index in [0.717, 1.165) is 10.5 Å². The van der Waals surface area contributed by atoms with Crippen molar-refractivity contribution in [3.63, 3.8) is 0 Å². The molecule has 26 heavy (non-hydrogen) atoms. The highest BCUT2D eigenvalue weighted by molar-refractivity contribution is 8.00. The standard InChI is InChI=1S/C20H20ClNO3S/c21-16-8-4-5-9-17(16)26-18(14-6-2-1-3-7-14)19(23)22-12-10-15(11-13-22)20(24)25/h1-9,15,18H,10-13H2,(H,24,25). The number of likely N-dealkylation sites (tertiary alicyclic amines) is 1. The summed E-state index contributed by atoms with van der Waals surface area (Å²) < 4.78 is 0. The van der Waals surface area contributed by atoms with Gasteiger partial charge in [-0.25, -0.2) is 0 Å². The van der Waals surface area contributed by atoms with Crippen molar-refractivity contribution in [1.82, 2.24) is 4.90 Å². The summed E-state index contributed by atoms with van der Waals surface area (Å²) in [5, 5.41) is 9.37. The average molecular weight is 390 g/mol. The predicted molar refractivity (Wildman–Crippen MR) is 103 cm³/mol. The van der Waals surface area contributed by atoms with E-state index in [1.807, 2.05) is 54.6 Å². The number of carboxylic acid groups (broad SMARTS) is 1. The topological polar surface area (TPSA) is 57.6 Å². The van der Waals surface area contributed by atoms with Crippen LogP contribution < -0.4 is 0 Å². The van der Waals surface area contributed by atoms with Gasteiger partial charge >= 0.3 is 5.97 Å². The molecule has 1 fully saturated rings. The number of carbonyl (C=O) groups excluding carboxylic acids is 1. The first-order valence-corrected chi connectivity index (χ1v) is 9.79. The predicted octanol–water partition coefficient (Wildman–Crippen LogP) is 4.50. The van der Waals surface area contributed by atoms with Crippen LogP contribution in [0.3, 0.4) is 0 Å². The van der Waals surface area contributed by atoms with Crippen LogP contribution in [0, 0.1) is 5.92 Å². The van der Waals surface area contributed by atoms with Crippen LogP contribution in [0.4, 0.5) is 0 Å². The number of piperidine rings is 1. The van der Waals surface area contributed by atoms with E-state index in [-0.39, 0.29) is 11.8 Å². The van der Waals surface area contributed by atoms with Crippen molar-refractivity contribution in [1.29, 1.82) is 0 Å². The Morgan fingerprint density at radius 2 is 1.65 bits per heavy atom. The fourth-order valence-corrected chi connectivity index (χ4v) is 4.47. The number of hydrogen-bond acceptors (Lipinski definition) is 3. The van der Waals surface area contributed by atoms with E-state index in [1.54, 1.807) is 4.90 Å². The lowest BCUT2D eigenvalue weighted by molar-refractivity contribution is -0.145. The molecule has 0 aromatic heterocycles. The highest BCUT2D eigenvalue weighted by Crippen LogP contribution is 2.40. The summed E-state index contributed by atoms with van der Waals surface area (Å²) in [4.78, 5) is 27.0. The van der Waals surface area contributed by atoms with Crippen LogP contribution >= 0.6 is 23.4 Å². The Hall–Kier alpha value is -1.98. The van der Waals surface area contributed by atoms with Crippen molar-refractivity contribution >= 4 is 35.2 Å². The fraction of sp³-hybridized carbons (Fsp3) is 0.300. The zero-order valence-electron chi connectivity index (χ0n) is 14.2. The molecule has 1 atom stereocenters. The summed E-state index contributed by atoms with van der Waals surface area (Å²) >= 11 is 7.73. The minimum absolute atomic E-state index is 0.00459. The second kappa shape index (κ2) is 8.60. The number of nitrogens with zero attached hydrogens (tertiary/aromatic N) is 1. The third-order valence-electron chi connectivity index (χ3n) is 4.56. The van der Waals surface area contributed by atoms with Gasteiger partial charge in [0.25, 0.3) is 0 Å². The van der Waals surface area contributed by atoms with Crippen molar-refractivity contribution in [2.45, 2.75) is 23.0 Å². The first-order chi connectivity index (χ1) is 12.6. The number of rotatable bonds is 5. The van der Waals surface area contributed by atoms with Crippen LogP contribution in [-0.2, 0) is 9.59 Å². The molecule has 0 radical (unpaired) electrons. The third kappa shape index (κ3) is 4.40. The summed E-state index contributed by atoms with van der Waals surface area (Å²) in [5.41, 5.74) is 0.919. The Kier molecular flexibility index (Phi) is 6.22. The molecule has 1 aliphatic rings. The maximum atomic E-state index is 13.2. The SMILES string of the molecule is O=C(O)C1CCN(C(=O)C(Sc2ccccc2Cl)c2ccccc2)CC1. The van der Waals surface area contributed by atoms with Crippen LogP contribution in [0.5, 0.6) is 0 Å². The van der Waals surface area contributed by atoms with E-state index in [0.29, 0.717) is 31.0 Å². The highest BCUT2D eigenvalue weighted by atomic mass is 35.5. The van der Waals surface area contributed by atoms with Gasteiger partial charge in [0.05, 0.1) is 10.9 Å². The zero-order valence-corrected chi connectivity index (χ0v) is 15.7. The Bertz CT molecular complexity index is 776. The molecule has 1 heterocycles. The van der Waals surface area contributed by atoms with E-state index in [2.05, 4.69) is 0 Å². The fourth-order valence-electron chi connectivity index (χ4n) is 3.07. The van der Waals surface area contributed by atoms with Crippen LogP contribution in [0.25, 0.3) is 0 Å². The normalized spacial score (nSPS) is 16.3. The summed E-state index contributed by atoms with van der Waals surface area (Å²) in [6.07, 6.45) is 0.999. The maximum absolute atomic E-state index is 13.2. The number of aliphatic carboxylic acids is 1. The molecule has 1 aliphatic heterocycles. The Morgan fingerprint density at radius 1 is 1.04 bits per heavy atom. The van der Waals surface area contributed by atoms with Crippen LogP contribution in [-0.4, -0.2) is 35.0 Å². The number of halogens is 1. The lowest BCUT2D eigenvalue weighted by atomic mass is 9.96. The van der Waals surface area contributed by atoms with Crippen molar-refractivity contribution in [2.75, 3.05) is 13.1 Å². The van der Waals surface area contributed by atoms with Gasteiger partial charge in [-0.15, -0.1) is 11.8 Å². The van der Waals surface area contributed by atoms with E-state index >= 15 is 0 Å². The van der Waals surface area contributed by atoms with Crippen LogP contribution in [0.2, 0.25) is 5.02 Å². The second-order valence-electron chi connectivity index (χ2n) is 6.28. The zero-order chi connectivity index (χ0) is 18.5. The number of carbonyl (C=O) groups is 2. The lowest BCUT2D eigenvalue weighted by Gasteiger charge is -2.33. The largest absolute Gasteiger partial charge is 0.481 e. The molecule has 0 aliphatic carbocycles. The number of hydrogen-bond donors (Lipinski definition) is 1. The molecule has 2 aromatic rings. The number of amides is 1. The van der Waals surface area contributed by atoms with Crippen molar-refractivity contribution in [3.05, 3.63) is 65.2 Å². The summed E-state index contributed by atoms with van der Waals surface area (Å²) in [7, 11) is 0. The number of thioether (sulfide) groups is 1. The average Bonchev–Trinajstić information content (AvgIpc) is 2.67. The Balaban J connectivity index is 1.81. The molecule has 1 N–H and O–H groups in total. The summed E-state index contributed by atoms with van der Waals surface area (Å²) in [6, 6.07) is 17.1. The molecule has 1 saturated heterocycles. The number of benzene rings is 2. The molecule has 6 heteroatoms. The second-order valence-corrected chi connectivity index (χ2v) is 7.83. The van der Waals surface area contributed by atoms with Gasteiger partial charge in [-0.1, -0.05) is 54.1 Å². The molecule has 136 valence electrons. The molecule has 0 saturated carbocycles. The smallest absolute Gasteiger partial charge is 0.306 e. The van der Waals surface area contributed by atoms with Crippen molar-refractivity contribution in [2.24, 2.45) is 5.92 Å². The first-order valence-electron chi connectivity index (χ1n) is 8.54. The Morgan fingerprint density at radius 3 is 2.27 bits per heavy atom. The molecular formula is C20H20ClNO3S. The lowest BCUT2D eigenvalue weighted by Crippen LogP contribution is -2.42. The van der Waals surface area contributed by atoms with E-state index in [4.69, 9.17) is 16.7 Å². The molecule has 1 unspecified atom stereocenters. The molecular weight excluding hydrogens is 370 g/mol. The first kappa shape index (κ1) is 18.8. The minimum atomic E-state index is -0.776. The van der Waals surface area contributed by atoms with Gasteiger partial charge in [-0.3, -0.25) is 9.59 Å². The van der Waals surface area contributed by atoms with Gasteiger partial charge < -0.3 is 10.0 Å². The van der Waals surface area contributed by atoms with E-state index in [9.17, 15) is 9.59 Å². The van der Waals surface area contributed by atoms with Gasteiger partial charge in [-0.2, -0.15) is 0 Å². The summed E-state index contributed by atoms with van der Waals surface area (Å²) in [5.74, 6) is -1.13. The molecule has 4 nitrogen and oxygen atoms in total. The molecule has 2 aromatic carbocycles. The number of carboxylic acids is 1. The Labute approximate surface area is 162 Å². The van der Waals surface area contributed by atoms with Gasteiger partial charge in [0, 0.05) is 18.0 Å². The highest BCUT2D eigenvalue weighted by Gasteiger charge is 2.32. The molecule has 3 rings (SSSR count). The van der Waals surface area contributed by atoms with Gasteiger partial charge in [0.1, 0.15) is 5.25 Å². The third-order valence-corrected chi connectivity index (χ3v) is 6.33. The van der Waals surface area contributed by atoms with Gasteiger partial charge in [0.2, 0.25) is 5.91 Å². The minimum Gasteiger partial charge on any atom is -0.481 e. The molecule has 0 bridgehead atoms. The maximum Gasteiger partial charge on any atom is 0.306 e. The molecule has 1 amide bonds. The van der Waals surface area contributed by atoms with Gasteiger partial charge in [0.15, 0.2) is 0 Å². The summed E-state index contributed by atoms with van der Waals surface area (Å²) in [6.45, 7) is 0.949. The quantitative estimate of drug-likeness (QED) is 0.765.